The Balaban J connectivity index is 1.66. The van der Waals surface area contributed by atoms with Crippen molar-refractivity contribution in [3.05, 3.63) is 57.7 Å². The summed E-state index contributed by atoms with van der Waals surface area (Å²) in [5.74, 6) is -0.696. The number of hydrogen-bond acceptors (Lipinski definition) is 6. The number of thiazole rings is 1. The van der Waals surface area contributed by atoms with Crippen molar-refractivity contribution in [2.24, 2.45) is 10.1 Å². The lowest BCUT2D eigenvalue weighted by molar-refractivity contribution is 0.367. The Morgan fingerprint density at radius 3 is 2.40 bits per heavy atom. The molecule has 6 nitrogen and oxygen atoms in total. The van der Waals surface area contributed by atoms with Gasteiger partial charge in [0, 0.05) is 23.6 Å². The minimum Gasteiger partial charge on any atom is -0.504 e. The average molecular weight is 424 g/mol. The van der Waals surface area contributed by atoms with Gasteiger partial charge in [-0.2, -0.15) is 5.10 Å². The van der Waals surface area contributed by atoms with Crippen LogP contribution in [-0.2, 0) is 0 Å². The lowest BCUT2D eigenvalue weighted by Gasteiger charge is -2.22. The van der Waals surface area contributed by atoms with Gasteiger partial charge in [-0.15, -0.1) is 11.3 Å². The van der Waals surface area contributed by atoms with Gasteiger partial charge in [0.2, 0.25) is 10.6 Å². The summed E-state index contributed by atoms with van der Waals surface area (Å²) in [5.41, 5.74) is 3.63. The maximum Gasteiger partial charge on any atom is 0.205 e. The molecule has 7 heteroatoms. The first-order chi connectivity index (χ1) is 14.6. The minimum atomic E-state index is -0.562. The number of nitrogens with zero attached hydrogens (tertiary/aromatic N) is 3. The van der Waals surface area contributed by atoms with Crippen molar-refractivity contribution < 1.29 is 15.3 Å². The summed E-state index contributed by atoms with van der Waals surface area (Å²) in [7, 11) is 1.71. The standard InChI is InChI=1S/C23H25N3O3S/c1-24-23-26(25-13-18-11-12-20(27)22(29)21(18)28)19(14-30-23)17-9-7-16(8-10-17)15-5-3-2-4-6-15/h7-15,27-29H,2-6H2,1H3. The molecule has 3 N–H and O–H groups in total. The van der Waals surface area contributed by atoms with E-state index in [2.05, 4.69) is 34.4 Å². The summed E-state index contributed by atoms with van der Waals surface area (Å²) in [4.78, 5) is 5.00. The largest absolute Gasteiger partial charge is 0.504 e. The lowest BCUT2D eigenvalue weighted by atomic mass is 9.84. The van der Waals surface area contributed by atoms with Crippen LogP contribution in [0.1, 0.15) is 49.1 Å². The number of phenols is 3. The Kier molecular flexibility index (Phi) is 5.90. The number of hydrogen-bond donors (Lipinski definition) is 3. The first-order valence-corrected chi connectivity index (χ1v) is 11.0. The van der Waals surface area contributed by atoms with Gasteiger partial charge in [-0.3, -0.25) is 4.99 Å². The highest BCUT2D eigenvalue weighted by atomic mass is 32.1. The molecule has 1 aromatic heterocycles. The van der Waals surface area contributed by atoms with Crippen molar-refractivity contribution in [3.63, 3.8) is 0 Å². The fourth-order valence-corrected chi connectivity index (χ4v) is 4.74. The molecule has 2 aromatic carbocycles. The third kappa shape index (κ3) is 3.98. The molecule has 0 atom stereocenters. The fourth-order valence-electron chi connectivity index (χ4n) is 3.93. The van der Waals surface area contributed by atoms with Crippen LogP contribution < -0.4 is 4.80 Å². The Morgan fingerprint density at radius 2 is 1.70 bits per heavy atom. The molecule has 1 heterocycles. The summed E-state index contributed by atoms with van der Waals surface area (Å²) in [6.07, 6.45) is 7.95. The average Bonchev–Trinajstić information content (AvgIpc) is 3.20. The second-order valence-corrected chi connectivity index (χ2v) is 8.35. The molecule has 1 aliphatic rings. The maximum atomic E-state index is 10.0. The first-order valence-electron chi connectivity index (χ1n) is 10.1. The summed E-state index contributed by atoms with van der Waals surface area (Å²) in [6.45, 7) is 0. The SMILES string of the molecule is CN=c1scc(-c2ccc(C3CCCCC3)cc2)n1N=Cc1ccc(O)c(O)c1O. The van der Waals surface area contributed by atoms with Crippen LogP contribution in [0.25, 0.3) is 11.3 Å². The second kappa shape index (κ2) is 8.75. The minimum absolute atomic E-state index is 0.296. The molecular formula is C23H25N3O3S. The van der Waals surface area contributed by atoms with Crippen molar-refractivity contribution in [1.29, 1.82) is 0 Å². The monoisotopic (exact) mass is 423 g/mol. The zero-order valence-electron chi connectivity index (χ0n) is 16.8. The van der Waals surface area contributed by atoms with Gasteiger partial charge in [0.05, 0.1) is 11.9 Å². The van der Waals surface area contributed by atoms with Crippen LogP contribution in [0, 0.1) is 0 Å². The van der Waals surface area contributed by atoms with Gasteiger partial charge in [-0.05, 0) is 36.5 Å². The van der Waals surface area contributed by atoms with Gasteiger partial charge in [-0.1, -0.05) is 43.5 Å². The molecule has 0 spiro atoms. The van der Waals surface area contributed by atoms with Crippen molar-refractivity contribution in [1.82, 2.24) is 4.68 Å². The van der Waals surface area contributed by atoms with Gasteiger partial charge in [0.25, 0.3) is 0 Å². The molecule has 0 aliphatic heterocycles. The van der Waals surface area contributed by atoms with E-state index in [-0.39, 0.29) is 5.75 Å². The van der Waals surface area contributed by atoms with Gasteiger partial charge in [0.1, 0.15) is 0 Å². The van der Waals surface area contributed by atoms with E-state index in [9.17, 15) is 15.3 Å². The highest BCUT2D eigenvalue weighted by Gasteiger charge is 2.16. The Labute approximate surface area is 179 Å². The molecule has 1 saturated carbocycles. The predicted molar refractivity (Wildman–Crippen MR) is 119 cm³/mol. The van der Waals surface area contributed by atoms with Gasteiger partial charge in [0.15, 0.2) is 11.5 Å². The van der Waals surface area contributed by atoms with Crippen LogP contribution in [0.3, 0.4) is 0 Å². The first kappa shape index (κ1) is 20.2. The molecule has 4 rings (SSSR count). The normalized spacial score (nSPS) is 15.8. The fraction of sp³-hybridized carbons (Fsp3) is 0.304. The number of rotatable bonds is 4. The third-order valence-corrected chi connectivity index (χ3v) is 6.54. The molecule has 156 valence electrons. The van der Waals surface area contributed by atoms with E-state index in [1.165, 1.54) is 67.4 Å². The Bertz CT molecular complexity index is 1120. The summed E-state index contributed by atoms with van der Waals surface area (Å²) < 4.78 is 1.71. The molecule has 0 saturated heterocycles. The molecule has 1 aliphatic carbocycles. The van der Waals surface area contributed by atoms with E-state index in [4.69, 9.17) is 0 Å². The number of aromatic nitrogens is 1. The third-order valence-electron chi connectivity index (χ3n) is 5.63. The molecule has 3 aromatic rings. The zero-order valence-corrected chi connectivity index (χ0v) is 17.6. The van der Waals surface area contributed by atoms with E-state index in [1.807, 2.05) is 5.38 Å². The molecule has 1 fully saturated rings. The van der Waals surface area contributed by atoms with Crippen molar-refractivity contribution in [2.75, 3.05) is 7.05 Å². The van der Waals surface area contributed by atoms with E-state index in [0.29, 0.717) is 16.3 Å². The van der Waals surface area contributed by atoms with Crippen LogP contribution >= 0.6 is 11.3 Å². The van der Waals surface area contributed by atoms with Crippen molar-refractivity contribution in [3.8, 4) is 28.5 Å². The maximum absolute atomic E-state index is 10.0. The lowest BCUT2D eigenvalue weighted by Crippen LogP contribution is -2.11. The highest BCUT2D eigenvalue weighted by molar-refractivity contribution is 7.07. The smallest absolute Gasteiger partial charge is 0.205 e. The number of phenolic OH excluding ortho intramolecular Hbond substituents is 3. The Hall–Kier alpha value is -3.06. The second-order valence-electron chi connectivity index (χ2n) is 7.51. The van der Waals surface area contributed by atoms with Crippen LogP contribution in [-0.4, -0.2) is 33.3 Å². The predicted octanol–water partition coefficient (Wildman–Crippen LogP) is 4.79. The molecule has 0 bridgehead atoms. The molecular weight excluding hydrogens is 398 g/mol. The van der Waals surface area contributed by atoms with Gasteiger partial charge >= 0.3 is 0 Å². The number of benzene rings is 2. The van der Waals surface area contributed by atoms with Gasteiger partial charge in [-0.25, -0.2) is 4.68 Å². The number of aromatic hydroxyl groups is 3. The molecule has 0 radical (unpaired) electrons. The van der Waals surface area contributed by atoms with Crippen LogP contribution in [0.15, 0.2) is 51.9 Å². The molecule has 30 heavy (non-hydrogen) atoms. The summed E-state index contributed by atoms with van der Waals surface area (Å²) in [6, 6.07) is 11.5. The van der Waals surface area contributed by atoms with Crippen LogP contribution in [0.4, 0.5) is 0 Å². The van der Waals surface area contributed by atoms with Gasteiger partial charge < -0.3 is 15.3 Å². The molecule has 0 amide bonds. The highest BCUT2D eigenvalue weighted by Crippen LogP contribution is 2.36. The van der Waals surface area contributed by atoms with Crippen molar-refractivity contribution >= 4 is 17.6 Å². The topological polar surface area (TPSA) is 90.3 Å². The zero-order chi connectivity index (χ0) is 21.1. The van der Waals surface area contributed by atoms with Crippen molar-refractivity contribution in [2.45, 2.75) is 38.0 Å². The quantitative estimate of drug-likeness (QED) is 0.416. The summed E-state index contributed by atoms with van der Waals surface area (Å²) in [5, 5.41) is 35.8. The molecule has 0 unspecified atom stereocenters. The van der Waals surface area contributed by atoms with E-state index in [0.717, 1.165) is 11.3 Å². The Morgan fingerprint density at radius 1 is 0.967 bits per heavy atom. The van der Waals surface area contributed by atoms with E-state index in [1.54, 1.807) is 11.7 Å². The van der Waals surface area contributed by atoms with E-state index >= 15 is 0 Å². The van der Waals surface area contributed by atoms with Crippen LogP contribution in [0.2, 0.25) is 0 Å². The van der Waals surface area contributed by atoms with E-state index < -0.39 is 11.5 Å². The summed E-state index contributed by atoms with van der Waals surface area (Å²) >= 11 is 1.48. The van der Waals surface area contributed by atoms with Crippen LogP contribution in [0.5, 0.6) is 17.2 Å².